The van der Waals surface area contributed by atoms with Crippen molar-refractivity contribution in [3.63, 3.8) is 0 Å². The van der Waals surface area contributed by atoms with Crippen LogP contribution in [0.15, 0.2) is 29.2 Å². The summed E-state index contributed by atoms with van der Waals surface area (Å²) in [6.45, 7) is 4.02. The van der Waals surface area contributed by atoms with Gasteiger partial charge in [0, 0.05) is 6.04 Å². The maximum absolute atomic E-state index is 12.1. The summed E-state index contributed by atoms with van der Waals surface area (Å²) in [4.78, 5) is 0.444. The van der Waals surface area contributed by atoms with Gasteiger partial charge in [-0.15, -0.1) is 0 Å². The molecular weight excluding hydrogens is 246 g/mol. The topological polar surface area (TPSA) is 46.2 Å². The zero-order valence-electron chi connectivity index (χ0n) is 11.4. The summed E-state index contributed by atoms with van der Waals surface area (Å²) in [5.74, 6) is 0.231. The molecule has 0 fully saturated rings. The SMILES string of the molecule is CCC(CCCS(=O)(=O)c1cccc(C)c1)NC. The molecule has 0 radical (unpaired) electrons. The summed E-state index contributed by atoms with van der Waals surface area (Å²) < 4.78 is 24.2. The van der Waals surface area contributed by atoms with E-state index in [0.29, 0.717) is 17.4 Å². The van der Waals surface area contributed by atoms with E-state index in [2.05, 4.69) is 12.2 Å². The fourth-order valence-corrected chi connectivity index (χ4v) is 3.43. The van der Waals surface area contributed by atoms with Crippen molar-refractivity contribution >= 4 is 9.84 Å². The van der Waals surface area contributed by atoms with E-state index in [1.54, 1.807) is 18.2 Å². The summed E-state index contributed by atoms with van der Waals surface area (Å²) in [7, 11) is -1.20. The predicted octanol–water partition coefficient (Wildman–Crippen LogP) is 2.55. The number of hydrogen-bond donors (Lipinski definition) is 1. The lowest BCUT2D eigenvalue weighted by Crippen LogP contribution is -2.24. The normalized spacial score (nSPS) is 13.5. The van der Waals surface area contributed by atoms with Crippen LogP contribution in [0.3, 0.4) is 0 Å². The van der Waals surface area contributed by atoms with E-state index in [-0.39, 0.29) is 5.75 Å². The van der Waals surface area contributed by atoms with E-state index >= 15 is 0 Å². The standard InChI is InChI=1S/C14H23NO2S/c1-4-13(15-3)8-6-10-18(16,17)14-9-5-7-12(2)11-14/h5,7,9,11,13,15H,4,6,8,10H2,1-3H3. The van der Waals surface area contributed by atoms with Crippen LogP contribution in [0, 0.1) is 6.92 Å². The molecule has 0 amide bonds. The van der Waals surface area contributed by atoms with Gasteiger partial charge >= 0.3 is 0 Å². The molecular formula is C14H23NO2S. The van der Waals surface area contributed by atoms with Crippen molar-refractivity contribution in [1.29, 1.82) is 0 Å². The Balaban J connectivity index is 2.60. The first-order valence-corrected chi connectivity index (χ1v) is 8.11. The molecule has 0 saturated carbocycles. The Kier molecular flexibility index (Phi) is 5.82. The molecule has 0 aliphatic heterocycles. The maximum atomic E-state index is 12.1. The number of aryl methyl sites for hydroxylation is 1. The molecule has 102 valence electrons. The van der Waals surface area contributed by atoms with E-state index < -0.39 is 9.84 Å². The zero-order valence-corrected chi connectivity index (χ0v) is 12.3. The van der Waals surface area contributed by atoms with Crippen molar-refractivity contribution in [2.45, 2.75) is 44.0 Å². The second kappa shape index (κ2) is 6.90. The maximum Gasteiger partial charge on any atom is 0.178 e. The molecule has 1 unspecified atom stereocenters. The monoisotopic (exact) mass is 269 g/mol. The van der Waals surface area contributed by atoms with Crippen LogP contribution in [0.4, 0.5) is 0 Å². The molecule has 1 aromatic rings. The van der Waals surface area contributed by atoms with Gasteiger partial charge in [-0.05, 0) is 50.9 Å². The van der Waals surface area contributed by atoms with E-state index in [9.17, 15) is 8.42 Å². The molecule has 0 bridgehead atoms. The van der Waals surface area contributed by atoms with Crippen LogP contribution in [-0.4, -0.2) is 27.3 Å². The average molecular weight is 269 g/mol. The first-order valence-electron chi connectivity index (χ1n) is 6.46. The van der Waals surface area contributed by atoms with Gasteiger partial charge in [0.2, 0.25) is 0 Å². The average Bonchev–Trinajstić information content (AvgIpc) is 2.34. The summed E-state index contributed by atoms with van der Waals surface area (Å²) in [5, 5.41) is 3.19. The lowest BCUT2D eigenvalue weighted by molar-refractivity contribution is 0.500. The van der Waals surface area contributed by atoms with Crippen LogP contribution in [0.1, 0.15) is 31.7 Å². The molecule has 0 aromatic heterocycles. The fourth-order valence-electron chi connectivity index (χ4n) is 2.00. The minimum absolute atomic E-state index is 0.231. The van der Waals surface area contributed by atoms with E-state index in [1.165, 1.54) is 0 Å². The highest BCUT2D eigenvalue weighted by Crippen LogP contribution is 2.15. The Morgan fingerprint density at radius 3 is 2.61 bits per heavy atom. The molecule has 0 heterocycles. The number of sulfone groups is 1. The third-order valence-corrected chi connectivity index (χ3v) is 5.01. The van der Waals surface area contributed by atoms with Crippen molar-refractivity contribution in [3.8, 4) is 0 Å². The largest absolute Gasteiger partial charge is 0.317 e. The van der Waals surface area contributed by atoms with Gasteiger partial charge in [-0.2, -0.15) is 0 Å². The fraction of sp³-hybridized carbons (Fsp3) is 0.571. The number of rotatable bonds is 7. The third-order valence-electron chi connectivity index (χ3n) is 3.22. The molecule has 3 nitrogen and oxygen atoms in total. The Labute approximate surface area is 111 Å². The quantitative estimate of drug-likeness (QED) is 0.827. The van der Waals surface area contributed by atoms with Crippen LogP contribution in [0.25, 0.3) is 0 Å². The van der Waals surface area contributed by atoms with Gasteiger partial charge in [0.05, 0.1) is 10.6 Å². The summed E-state index contributed by atoms with van der Waals surface area (Å²) in [5.41, 5.74) is 0.984. The van der Waals surface area contributed by atoms with E-state index in [1.807, 2.05) is 20.0 Å². The zero-order chi connectivity index (χ0) is 13.6. The Hall–Kier alpha value is -0.870. The lowest BCUT2D eigenvalue weighted by atomic mass is 10.1. The van der Waals surface area contributed by atoms with E-state index in [0.717, 1.165) is 18.4 Å². The molecule has 0 aliphatic carbocycles. The molecule has 18 heavy (non-hydrogen) atoms. The van der Waals surface area contributed by atoms with Crippen molar-refractivity contribution in [1.82, 2.24) is 5.32 Å². The third kappa shape index (κ3) is 4.42. The van der Waals surface area contributed by atoms with Crippen LogP contribution in [0.5, 0.6) is 0 Å². The van der Waals surface area contributed by atoms with Gasteiger partial charge in [-0.1, -0.05) is 19.1 Å². The smallest absolute Gasteiger partial charge is 0.178 e. The lowest BCUT2D eigenvalue weighted by Gasteiger charge is -2.13. The highest BCUT2D eigenvalue weighted by Gasteiger charge is 2.14. The molecule has 1 N–H and O–H groups in total. The molecule has 4 heteroatoms. The highest BCUT2D eigenvalue weighted by atomic mass is 32.2. The van der Waals surface area contributed by atoms with Gasteiger partial charge in [0.1, 0.15) is 0 Å². The van der Waals surface area contributed by atoms with Gasteiger partial charge in [-0.3, -0.25) is 0 Å². The van der Waals surface area contributed by atoms with E-state index in [4.69, 9.17) is 0 Å². The summed E-state index contributed by atoms with van der Waals surface area (Å²) in [6, 6.07) is 7.54. The van der Waals surface area contributed by atoms with Crippen molar-refractivity contribution in [3.05, 3.63) is 29.8 Å². The number of hydrogen-bond acceptors (Lipinski definition) is 3. The Bertz CT molecular complexity index is 464. The molecule has 0 saturated heterocycles. The summed E-state index contributed by atoms with van der Waals surface area (Å²) >= 11 is 0. The molecule has 1 rings (SSSR count). The Morgan fingerprint density at radius 1 is 1.33 bits per heavy atom. The van der Waals surface area contributed by atoms with Crippen molar-refractivity contribution < 1.29 is 8.42 Å². The first kappa shape index (κ1) is 15.2. The molecule has 1 aromatic carbocycles. The van der Waals surface area contributed by atoms with Gasteiger partial charge in [0.25, 0.3) is 0 Å². The van der Waals surface area contributed by atoms with Gasteiger partial charge < -0.3 is 5.32 Å². The highest BCUT2D eigenvalue weighted by molar-refractivity contribution is 7.91. The second-order valence-corrected chi connectivity index (χ2v) is 6.78. The predicted molar refractivity (Wildman–Crippen MR) is 75.6 cm³/mol. The second-order valence-electron chi connectivity index (χ2n) is 4.67. The van der Waals surface area contributed by atoms with Crippen molar-refractivity contribution in [2.75, 3.05) is 12.8 Å². The molecule has 0 aliphatic rings. The number of nitrogens with one attached hydrogen (secondary N) is 1. The van der Waals surface area contributed by atoms with Gasteiger partial charge in [0.15, 0.2) is 9.84 Å². The van der Waals surface area contributed by atoms with Crippen LogP contribution in [-0.2, 0) is 9.84 Å². The Morgan fingerprint density at radius 2 is 2.06 bits per heavy atom. The summed E-state index contributed by atoms with van der Waals surface area (Å²) in [6.07, 6.45) is 2.63. The molecule has 0 spiro atoms. The minimum Gasteiger partial charge on any atom is -0.317 e. The van der Waals surface area contributed by atoms with Crippen molar-refractivity contribution in [2.24, 2.45) is 0 Å². The van der Waals surface area contributed by atoms with Gasteiger partial charge in [-0.25, -0.2) is 8.42 Å². The minimum atomic E-state index is -3.12. The molecule has 1 atom stereocenters. The van der Waals surface area contributed by atoms with Crippen LogP contribution < -0.4 is 5.32 Å². The first-order chi connectivity index (χ1) is 8.49. The van der Waals surface area contributed by atoms with Crippen LogP contribution in [0.2, 0.25) is 0 Å². The van der Waals surface area contributed by atoms with Crippen LogP contribution >= 0.6 is 0 Å². The number of benzene rings is 1.